The van der Waals surface area contributed by atoms with E-state index in [1.165, 1.54) is 4.90 Å². The van der Waals surface area contributed by atoms with Crippen molar-refractivity contribution >= 4 is 17.8 Å². The summed E-state index contributed by atoms with van der Waals surface area (Å²) in [7, 11) is 0. The number of nitrogens with zero attached hydrogens (tertiary/aromatic N) is 1. The highest BCUT2D eigenvalue weighted by atomic mass is 16.5. The summed E-state index contributed by atoms with van der Waals surface area (Å²) in [5, 5.41) is 9.17. The Morgan fingerprint density at radius 1 is 1.25 bits per heavy atom. The Hall–Kier alpha value is -1.43. The molecule has 1 N–H and O–H groups in total. The third-order valence-electron chi connectivity index (χ3n) is 5.05. The average Bonchev–Trinajstić information content (AvgIpc) is 3.08. The molecule has 2 amide bonds. The number of hydrogen-bond donors (Lipinski definition) is 1. The van der Waals surface area contributed by atoms with Gasteiger partial charge in [-0.2, -0.15) is 0 Å². The van der Waals surface area contributed by atoms with Gasteiger partial charge in [0.05, 0.1) is 31.1 Å². The topological polar surface area (TPSA) is 83.9 Å². The van der Waals surface area contributed by atoms with Gasteiger partial charge in [0.15, 0.2) is 0 Å². The number of carboxylic acids is 1. The molecule has 4 unspecified atom stereocenters. The van der Waals surface area contributed by atoms with Gasteiger partial charge in [0, 0.05) is 0 Å². The van der Waals surface area contributed by atoms with E-state index in [2.05, 4.69) is 6.92 Å². The van der Waals surface area contributed by atoms with Crippen molar-refractivity contribution in [1.82, 2.24) is 4.90 Å². The number of hydrogen-bond acceptors (Lipinski definition) is 4. The van der Waals surface area contributed by atoms with Crippen LogP contribution >= 0.6 is 0 Å². The SMILES string of the molecule is CCC1CC2C(=O)N(C3COCC3C(=O)O)C(=O)C2C1. The molecule has 0 bridgehead atoms. The molecule has 2 aliphatic heterocycles. The predicted octanol–water partition coefficient (Wildman–Crippen LogP) is 0.507. The first-order valence-corrected chi connectivity index (χ1v) is 7.22. The number of fused-ring (bicyclic) bond motifs is 1. The Bertz CT molecular complexity index is 438. The second kappa shape index (κ2) is 4.84. The molecule has 110 valence electrons. The van der Waals surface area contributed by atoms with Crippen LogP contribution in [0.2, 0.25) is 0 Å². The molecule has 3 rings (SSSR count). The molecule has 2 heterocycles. The Balaban J connectivity index is 1.81. The van der Waals surface area contributed by atoms with Gasteiger partial charge in [-0.25, -0.2) is 0 Å². The van der Waals surface area contributed by atoms with Gasteiger partial charge in [-0.15, -0.1) is 0 Å². The molecule has 1 saturated carbocycles. The average molecular weight is 281 g/mol. The van der Waals surface area contributed by atoms with Gasteiger partial charge in [-0.1, -0.05) is 13.3 Å². The summed E-state index contributed by atoms with van der Waals surface area (Å²) in [5.41, 5.74) is 0. The second-order valence-corrected chi connectivity index (χ2v) is 6.05. The molecule has 0 aromatic heterocycles. The zero-order valence-corrected chi connectivity index (χ0v) is 11.4. The molecule has 6 nitrogen and oxygen atoms in total. The van der Waals surface area contributed by atoms with E-state index >= 15 is 0 Å². The monoisotopic (exact) mass is 281 g/mol. The number of imide groups is 1. The fourth-order valence-corrected chi connectivity index (χ4v) is 3.85. The number of carbonyl (C=O) groups excluding carboxylic acids is 2. The van der Waals surface area contributed by atoms with Gasteiger partial charge in [0.2, 0.25) is 11.8 Å². The summed E-state index contributed by atoms with van der Waals surface area (Å²) >= 11 is 0. The molecule has 2 saturated heterocycles. The van der Waals surface area contributed by atoms with E-state index in [4.69, 9.17) is 4.74 Å². The lowest BCUT2D eigenvalue weighted by Crippen LogP contribution is -2.47. The summed E-state index contributed by atoms with van der Waals surface area (Å²) in [4.78, 5) is 37.3. The summed E-state index contributed by atoms with van der Waals surface area (Å²) < 4.78 is 5.18. The first-order valence-electron chi connectivity index (χ1n) is 7.22. The molecule has 3 fully saturated rings. The number of carboxylic acid groups (broad SMARTS) is 1. The highest BCUT2D eigenvalue weighted by molar-refractivity contribution is 6.06. The minimum atomic E-state index is -1.00. The van der Waals surface area contributed by atoms with Crippen LogP contribution in [0.3, 0.4) is 0 Å². The molecule has 0 aromatic carbocycles. The van der Waals surface area contributed by atoms with Crippen LogP contribution < -0.4 is 0 Å². The molecule has 0 spiro atoms. The largest absolute Gasteiger partial charge is 0.481 e. The Kier molecular flexibility index (Phi) is 3.28. The predicted molar refractivity (Wildman–Crippen MR) is 67.6 cm³/mol. The number of likely N-dealkylation sites (tertiary alicyclic amines) is 1. The van der Waals surface area contributed by atoms with E-state index in [1.54, 1.807) is 0 Å². The van der Waals surface area contributed by atoms with Crippen molar-refractivity contribution in [3.63, 3.8) is 0 Å². The van der Waals surface area contributed by atoms with Crippen molar-refractivity contribution in [2.24, 2.45) is 23.7 Å². The fraction of sp³-hybridized carbons (Fsp3) is 0.786. The maximum Gasteiger partial charge on any atom is 0.311 e. The molecule has 0 radical (unpaired) electrons. The lowest BCUT2D eigenvalue weighted by Gasteiger charge is -2.25. The number of rotatable bonds is 3. The minimum absolute atomic E-state index is 0.0734. The molecular formula is C14H19NO5. The van der Waals surface area contributed by atoms with E-state index in [-0.39, 0.29) is 36.9 Å². The van der Waals surface area contributed by atoms with Crippen molar-refractivity contribution in [2.45, 2.75) is 32.2 Å². The first-order chi connectivity index (χ1) is 9.54. The summed E-state index contributed by atoms with van der Waals surface area (Å²) in [5.74, 6) is -2.18. The first kappa shape index (κ1) is 13.5. The third-order valence-corrected chi connectivity index (χ3v) is 5.05. The van der Waals surface area contributed by atoms with Crippen molar-refractivity contribution in [2.75, 3.05) is 13.2 Å². The molecular weight excluding hydrogens is 262 g/mol. The van der Waals surface area contributed by atoms with E-state index in [0.717, 1.165) is 19.3 Å². The molecule has 6 heteroatoms. The number of amides is 2. The van der Waals surface area contributed by atoms with Gasteiger partial charge >= 0.3 is 5.97 Å². The highest BCUT2D eigenvalue weighted by Gasteiger charge is 2.56. The van der Waals surface area contributed by atoms with Gasteiger partial charge in [0.1, 0.15) is 5.92 Å². The van der Waals surface area contributed by atoms with Crippen molar-refractivity contribution < 1.29 is 24.2 Å². The second-order valence-electron chi connectivity index (χ2n) is 6.05. The van der Waals surface area contributed by atoms with Crippen LogP contribution in [-0.2, 0) is 19.1 Å². The number of ether oxygens (including phenoxy) is 1. The normalized spacial score (nSPS) is 40.5. The molecule has 20 heavy (non-hydrogen) atoms. The van der Waals surface area contributed by atoms with Crippen molar-refractivity contribution in [3.8, 4) is 0 Å². The van der Waals surface area contributed by atoms with Gasteiger partial charge in [-0.05, 0) is 18.8 Å². The number of aliphatic carboxylic acids is 1. The van der Waals surface area contributed by atoms with Crippen LogP contribution in [0.1, 0.15) is 26.2 Å². The third kappa shape index (κ3) is 1.85. The number of carbonyl (C=O) groups is 3. The Morgan fingerprint density at radius 3 is 2.35 bits per heavy atom. The van der Waals surface area contributed by atoms with Crippen LogP contribution in [0.25, 0.3) is 0 Å². The molecule has 4 atom stereocenters. The van der Waals surface area contributed by atoms with Gasteiger partial charge < -0.3 is 9.84 Å². The van der Waals surface area contributed by atoms with E-state index in [0.29, 0.717) is 5.92 Å². The maximum atomic E-state index is 12.5. The molecule has 0 aromatic rings. The fourth-order valence-electron chi connectivity index (χ4n) is 3.85. The summed E-state index contributed by atoms with van der Waals surface area (Å²) in [6.07, 6.45) is 2.50. The van der Waals surface area contributed by atoms with Crippen LogP contribution in [0.4, 0.5) is 0 Å². The van der Waals surface area contributed by atoms with Gasteiger partial charge in [0.25, 0.3) is 0 Å². The van der Waals surface area contributed by atoms with Crippen LogP contribution in [0.15, 0.2) is 0 Å². The zero-order chi connectivity index (χ0) is 14.4. The lowest BCUT2D eigenvalue weighted by molar-refractivity contribution is -0.148. The van der Waals surface area contributed by atoms with E-state index < -0.39 is 17.9 Å². The summed E-state index contributed by atoms with van der Waals surface area (Å²) in [6, 6.07) is -0.627. The maximum absolute atomic E-state index is 12.5. The highest BCUT2D eigenvalue weighted by Crippen LogP contribution is 2.45. The molecule has 1 aliphatic carbocycles. The van der Waals surface area contributed by atoms with Crippen LogP contribution in [-0.4, -0.2) is 47.0 Å². The zero-order valence-electron chi connectivity index (χ0n) is 11.4. The van der Waals surface area contributed by atoms with Crippen molar-refractivity contribution in [1.29, 1.82) is 0 Å². The Labute approximate surface area is 117 Å². The summed E-state index contributed by atoms with van der Waals surface area (Å²) in [6.45, 7) is 2.29. The van der Waals surface area contributed by atoms with Crippen LogP contribution in [0.5, 0.6) is 0 Å². The Morgan fingerprint density at radius 2 is 1.85 bits per heavy atom. The molecule has 3 aliphatic rings. The minimum Gasteiger partial charge on any atom is -0.481 e. The van der Waals surface area contributed by atoms with Crippen LogP contribution in [0, 0.1) is 23.7 Å². The smallest absolute Gasteiger partial charge is 0.311 e. The quantitative estimate of drug-likeness (QED) is 0.762. The van der Waals surface area contributed by atoms with E-state index in [9.17, 15) is 19.5 Å². The lowest BCUT2D eigenvalue weighted by atomic mass is 10.00. The van der Waals surface area contributed by atoms with E-state index in [1.807, 2.05) is 0 Å². The van der Waals surface area contributed by atoms with Gasteiger partial charge in [-0.3, -0.25) is 19.3 Å². The standard InChI is InChI=1S/C14H19NO5/c1-2-7-3-8-9(4-7)13(17)15(12(8)16)11-6-20-5-10(11)14(18)19/h7-11H,2-6H2,1H3,(H,18,19). The van der Waals surface area contributed by atoms with Crippen molar-refractivity contribution in [3.05, 3.63) is 0 Å².